The summed E-state index contributed by atoms with van der Waals surface area (Å²) in [6, 6.07) is 10.3. The first kappa shape index (κ1) is 11.0. The summed E-state index contributed by atoms with van der Waals surface area (Å²) in [5, 5.41) is 0. The molecule has 0 aromatic heterocycles. The molecule has 0 radical (unpaired) electrons. The lowest BCUT2D eigenvalue weighted by atomic mass is 9.91. The van der Waals surface area contributed by atoms with Gasteiger partial charge in [0.1, 0.15) is 5.78 Å². The van der Waals surface area contributed by atoms with Crippen LogP contribution in [0.4, 0.5) is 0 Å². The molecule has 0 aliphatic heterocycles. The smallest absolute Gasteiger partial charge is 0.133 e. The summed E-state index contributed by atoms with van der Waals surface area (Å²) in [7, 11) is 0. The minimum atomic E-state index is 0.362. The van der Waals surface area contributed by atoms with Crippen molar-refractivity contribution in [1.29, 1.82) is 0 Å². The standard InChI is InChI=1S/C13H18O/c1-3-11(10-13(14)4-2)12-8-6-5-7-9-12/h5-9,11H,3-4,10H2,1-2H3. The quantitative estimate of drug-likeness (QED) is 0.694. The van der Waals surface area contributed by atoms with Gasteiger partial charge in [-0.3, -0.25) is 4.79 Å². The largest absolute Gasteiger partial charge is 0.300 e. The molecule has 1 unspecified atom stereocenters. The van der Waals surface area contributed by atoms with Crippen molar-refractivity contribution in [2.75, 3.05) is 0 Å². The van der Waals surface area contributed by atoms with E-state index in [4.69, 9.17) is 0 Å². The van der Waals surface area contributed by atoms with Gasteiger partial charge >= 0.3 is 0 Å². The maximum atomic E-state index is 11.4. The summed E-state index contributed by atoms with van der Waals surface area (Å²) >= 11 is 0. The van der Waals surface area contributed by atoms with E-state index in [0.29, 0.717) is 24.5 Å². The number of carbonyl (C=O) groups excluding carboxylic acids is 1. The molecule has 0 N–H and O–H groups in total. The molecule has 1 nitrogen and oxygen atoms in total. The summed E-state index contributed by atoms with van der Waals surface area (Å²) < 4.78 is 0. The van der Waals surface area contributed by atoms with E-state index in [0.717, 1.165) is 6.42 Å². The molecule has 0 fully saturated rings. The highest BCUT2D eigenvalue weighted by molar-refractivity contribution is 5.78. The Balaban J connectivity index is 2.68. The molecule has 76 valence electrons. The first-order valence-electron chi connectivity index (χ1n) is 5.34. The lowest BCUT2D eigenvalue weighted by molar-refractivity contribution is -0.119. The lowest BCUT2D eigenvalue weighted by Crippen LogP contribution is -2.05. The van der Waals surface area contributed by atoms with E-state index in [-0.39, 0.29) is 0 Å². The molecular weight excluding hydrogens is 172 g/mol. The van der Waals surface area contributed by atoms with E-state index in [1.54, 1.807) is 0 Å². The van der Waals surface area contributed by atoms with Crippen LogP contribution in [-0.4, -0.2) is 5.78 Å². The zero-order valence-electron chi connectivity index (χ0n) is 8.99. The van der Waals surface area contributed by atoms with E-state index in [1.807, 2.05) is 25.1 Å². The van der Waals surface area contributed by atoms with Crippen LogP contribution in [-0.2, 0) is 4.79 Å². The van der Waals surface area contributed by atoms with Gasteiger partial charge in [0.05, 0.1) is 0 Å². The first-order chi connectivity index (χ1) is 6.77. The molecule has 1 aromatic rings. The Bertz CT molecular complexity index is 277. The van der Waals surface area contributed by atoms with E-state index >= 15 is 0 Å². The maximum Gasteiger partial charge on any atom is 0.133 e. The van der Waals surface area contributed by atoms with Gasteiger partial charge in [0.25, 0.3) is 0 Å². The highest BCUT2D eigenvalue weighted by Crippen LogP contribution is 2.23. The number of carbonyl (C=O) groups is 1. The van der Waals surface area contributed by atoms with Gasteiger partial charge in [-0.05, 0) is 17.9 Å². The maximum absolute atomic E-state index is 11.4. The molecule has 0 aliphatic carbocycles. The monoisotopic (exact) mass is 190 g/mol. The fourth-order valence-corrected chi connectivity index (χ4v) is 1.64. The lowest BCUT2D eigenvalue weighted by Gasteiger charge is -2.13. The van der Waals surface area contributed by atoms with Gasteiger partial charge in [0.2, 0.25) is 0 Å². The minimum Gasteiger partial charge on any atom is -0.300 e. The minimum absolute atomic E-state index is 0.362. The fourth-order valence-electron chi connectivity index (χ4n) is 1.64. The van der Waals surface area contributed by atoms with Crippen LogP contribution in [0.5, 0.6) is 0 Å². The highest BCUT2D eigenvalue weighted by atomic mass is 16.1. The Kier molecular flexibility index (Phi) is 4.37. The van der Waals surface area contributed by atoms with Crippen molar-refractivity contribution in [2.24, 2.45) is 0 Å². The van der Waals surface area contributed by atoms with Gasteiger partial charge in [-0.15, -0.1) is 0 Å². The number of ketones is 1. The van der Waals surface area contributed by atoms with Gasteiger partial charge in [-0.25, -0.2) is 0 Å². The second kappa shape index (κ2) is 5.58. The van der Waals surface area contributed by atoms with Gasteiger partial charge in [0.15, 0.2) is 0 Å². The van der Waals surface area contributed by atoms with Gasteiger partial charge in [-0.1, -0.05) is 44.2 Å². The van der Waals surface area contributed by atoms with Crippen molar-refractivity contribution >= 4 is 5.78 Å². The van der Waals surface area contributed by atoms with E-state index in [9.17, 15) is 4.79 Å². The number of benzene rings is 1. The number of hydrogen-bond acceptors (Lipinski definition) is 1. The Morgan fingerprint density at radius 2 is 1.86 bits per heavy atom. The van der Waals surface area contributed by atoms with Crippen molar-refractivity contribution in [3.05, 3.63) is 35.9 Å². The molecule has 1 rings (SSSR count). The Hall–Kier alpha value is -1.11. The number of hydrogen-bond donors (Lipinski definition) is 0. The average molecular weight is 190 g/mol. The number of rotatable bonds is 5. The third kappa shape index (κ3) is 2.99. The molecule has 1 atom stereocenters. The van der Waals surface area contributed by atoms with Crippen LogP contribution >= 0.6 is 0 Å². The van der Waals surface area contributed by atoms with Crippen molar-refractivity contribution < 1.29 is 4.79 Å². The summed E-state index contributed by atoms with van der Waals surface area (Å²) in [5.74, 6) is 0.768. The highest BCUT2D eigenvalue weighted by Gasteiger charge is 2.12. The average Bonchev–Trinajstić information content (AvgIpc) is 2.26. The molecule has 1 heteroatoms. The predicted octanol–water partition coefficient (Wildman–Crippen LogP) is 3.55. The van der Waals surface area contributed by atoms with Crippen molar-refractivity contribution in [3.8, 4) is 0 Å². The molecular formula is C13H18O. The molecule has 0 heterocycles. The first-order valence-corrected chi connectivity index (χ1v) is 5.34. The second-order valence-corrected chi connectivity index (χ2v) is 3.61. The predicted molar refractivity (Wildman–Crippen MR) is 59.4 cm³/mol. The molecule has 0 saturated carbocycles. The van der Waals surface area contributed by atoms with Gasteiger partial charge < -0.3 is 0 Å². The molecule has 0 bridgehead atoms. The summed E-state index contributed by atoms with van der Waals surface area (Å²) in [6.45, 7) is 4.07. The Labute approximate surface area is 86.1 Å². The Morgan fingerprint density at radius 3 is 2.36 bits per heavy atom. The van der Waals surface area contributed by atoms with Crippen molar-refractivity contribution in [1.82, 2.24) is 0 Å². The third-order valence-electron chi connectivity index (χ3n) is 2.63. The summed E-state index contributed by atoms with van der Waals surface area (Å²) in [4.78, 5) is 11.4. The van der Waals surface area contributed by atoms with Crippen LogP contribution in [0.25, 0.3) is 0 Å². The van der Waals surface area contributed by atoms with Crippen LogP contribution in [0.2, 0.25) is 0 Å². The van der Waals surface area contributed by atoms with Crippen LogP contribution in [0.1, 0.15) is 44.6 Å². The fraction of sp³-hybridized carbons (Fsp3) is 0.462. The topological polar surface area (TPSA) is 17.1 Å². The van der Waals surface area contributed by atoms with E-state index in [1.165, 1.54) is 5.56 Å². The van der Waals surface area contributed by atoms with Crippen LogP contribution in [0.15, 0.2) is 30.3 Å². The SMILES string of the molecule is CCC(=O)CC(CC)c1ccccc1. The normalized spacial score (nSPS) is 12.4. The Morgan fingerprint density at radius 1 is 1.21 bits per heavy atom. The van der Waals surface area contributed by atoms with Crippen LogP contribution in [0.3, 0.4) is 0 Å². The second-order valence-electron chi connectivity index (χ2n) is 3.61. The molecule has 14 heavy (non-hydrogen) atoms. The van der Waals surface area contributed by atoms with Crippen LogP contribution in [0, 0.1) is 0 Å². The van der Waals surface area contributed by atoms with E-state index in [2.05, 4.69) is 19.1 Å². The van der Waals surface area contributed by atoms with Crippen LogP contribution < -0.4 is 0 Å². The van der Waals surface area contributed by atoms with Crippen molar-refractivity contribution in [2.45, 2.75) is 39.0 Å². The zero-order chi connectivity index (χ0) is 10.4. The third-order valence-corrected chi connectivity index (χ3v) is 2.63. The van der Waals surface area contributed by atoms with Gasteiger partial charge in [-0.2, -0.15) is 0 Å². The molecule has 1 aromatic carbocycles. The summed E-state index contributed by atoms with van der Waals surface area (Å²) in [5.41, 5.74) is 1.29. The van der Waals surface area contributed by atoms with Crippen molar-refractivity contribution in [3.63, 3.8) is 0 Å². The molecule has 0 aliphatic rings. The molecule has 0 saturated heterocycles. The van der Waals surface area contributed by atoms with E-state index < -0.39 is 0 Å². The summed E-state index contributed by atoms with van der Waals surface area (Å²) in [6.07, 6.45) is 2.39. The molecule has 0 spiro atoms. The molecule has 0 amide bonds. The number of Topliss-reactive ketones (excluding diaryl/α,β-unsaturated/α-hetero) is 1. The zero-order valence-corrected chi connectivity index (χ0v) is 8.99. The van der Waals surface area contributed by atoms with Gasteiger partial charge in [0, 0.05) is 12.8 Å².